The maximum atomic E-state index is 12.5. The van der Waals surface area contributed by atoms with Gasteiger partial charge in [0.25, 0.3) is 0 Å². The molecule has 4 nitrogen and oxygen atoms in total. The Morgan fingerprint density at radius 2 is 1.72 bits per heavy atom. The molecule has 0 aliphatic rings. The number of ketones is 1. The summed E-state index contributed by atoms with van der Waals surface area (Å²) < 4.78 is 0. The Bertz CT molecular complexity index is 496. The van der Waals surface area contributed by atoms with E-state index in [1.54, 1.807) is 0 Å². The lowest BCUT2D eigenvalue weighted by molar-refractivity contribution is 0.103. The van der Waals surface area contributed by atoms with Crippen LogP contribution in [0.25, 0.3) is 0 Å². The minimum absolute atomic E-state index is 0.143. The maximum Gasteiger partial charge on any atom is 0.195 e. The number of rotatable bonds is 4. The highest BCUT2D eigenvalue weighted by Gasteiger charge is 2.18. The normalized spacial score (nSPS) is 12.6. The van der Waals surface area contributed by atoms with Crippen LogP contribution in [-0.4, -0.2) is 12.3 Å². The molecular weight excluding hydrogens is 226 g/mol. The molecule has 0 spiro atoms. The Morgan fingerprint density at radius 3 is 2.11 bits per heavy atom. The van der Waals surface area contributed by atoms with Crippen LogP contribution in [0.3, 0.4) is 0 Å². The lowest BCUT2D eigenvalue weighted by atomic mass is 9.92. The van der Waals surface area contributed by atoms with E-state index in [1.807, 2.05) is 32.0 Å². The van der Waals surface area contributed by atoms with Gasteiger partial charge in [0.2, 0.25) is 0 Å². The molecule has 0 aliphatic heterocycles. The Morgan fingerprint density at radius 1 is 1.17 bits per heavy atom. The van der Waals surface area contributed by atoms with Crippen molar-refractivity contribution in [2.24, 2.45) is 17.2 Å². The average Bonchev–Trinajstić information content (AvgIpc) is 2.35. The number of Topliss-reactive ketones (excluding diaryl/α,β-unsaturated/α-hetero) is 1. The van der Waals surface area contributed by atoms with E-state index in [1.165, 1.54) is 12.4 Å². The molecule has 0 bridgehead atoms. The minimum atomic E-state index is -0.143. The van der Waals surface area contributed by atoms with E-state index in [-0.39, 0.29) is 12.3 Å². The van der Waals surface area contributed by atoms with Crippen molar-refractivity contribution in [2.75, 3.05) is 6.54 Å². The molecule has 0 amide bonds. The number of carbonyl (C=O) groups excluding carboxylic acids is 1. The Hall–Kier alpha value is -2.07. The summed E-state index contributed by atoms with van der Waals surface area (Å²) in [6.45, 7) is 3.96. The summed E-state index contributed by atoms with van der Waals surface area (Å²) in [7, 11) is 0. The highest BCUT2D eigenvalue weighted by Crippen LogP contribution is 2.20. The molecule has 6 N–H and O–H groups in total. The third kappa shape index (κ3) is 2.60. The van der Waals surface area contributed by atoms with Crippen molar-refractivity contribution in [1.82, 2.24) is 0 Å². The predicted octanol–water partition coefficient (Wildman–Crippen LogP) is 1.13. The van der Waals surface area contributed by atoms with E-state index < -0.39 is 0 Å². The van der Waals surface area contributed by atoms with Crippen LogP contribution in [0.2, 0.25) is 0 Å². The van der Waals surface area contributed by atoms with Gasteiger partial charge < -0.3 is 17.2 Å². The minimum Gasteiger partial charge on any atom is -0.404 e. The van der Waals surface area contributed by atoms with Crippen molar-refractivity contribution >= 4 is 5.78 Å². The van der Waals surface area contributed by atoms with Gasteiger partial charge in [0.05, 0.1) is 0 Å². The van der Waals surface area contributed by atoms with Crippen molar-refractivity contribution in [3.8, 4) is 0 Å². The van der Waals surface area contributed by atoms with Gasteiger partial charge in [-0.1, -0.05) is 18.2 Å². The molecule has 0 aromatic heterocycles. The molecule has 0 radical (unpaired) electrons. The van der Waals surface area contributed by atoms with Gasteiger partial charge in [-0.05, 0) is 36.7 Å². The average molecular weight is 245 g/mol. The molecule has 1 aromatic rings. The van der Waals surface area contributed by atoms with Crippen LogP contribution >= 0.6 is 0 Å². The van der Waals surface area contributed by atoms with E-state index in [4.69, 9.17) is 17.2 Å². The highest BCUT2D eigenvalue weighted by atomic mass is 16.1. The van der Waals surface area contributed by atoms with Gasteiger partial charge in [0, 0.05) is 23.9 Å². The summed E-state index contributed by atoms with van der Waals surface area (Å²) in [4.78, 5) is 12.5. The van der Waals surface area contributed by atoms with E-state index in [0.717, 1.165) is 11.1 Å². The maximum absolute atomic E-state index is 12.5. The summed E-state index contributed by atoms with van der Waals surface area (Å²) in [5, 5.41) is 0. The number of carbonyl (C=O) groups is 1. The van der Waals surface area contributed by atoms with Crippen LogP contribution in [0, 0.1) is 13.8 Å². The number of benzene rings is 1. The first-order chi connectivity index (χ1) is 8.56. The second-order valence-electron chi connectivity index (χ2n) is 4.07. The lowest BCUT2D eigenvalue weighted by Crippen LogP contribution is -2.17. The summed E-state index contributed by atoms with van der Waals surface area (Å²) in [6, 6.07) is 5.70. The zero-order chi connectivity index (χ0) is 13.7. The molecule has 96 valence electrons. The van der Waals surface area contributed by atoms with Gasteiger partial charge in [0.15, 0.2) is 5.78 Å². The van der Waals surface area contributed by atoms with E-state index in [2.05, 4.69) is 0 Å². The molecule has 18 heavy (non-hydrogen) atoms. The predicted molar refractivity (Wildman–Crippen MR) is 73.8 cm³/mol. The molecular formula is C14H19N3O. The number of hydrogen-bond acceptors (Lipinski definition) is 4. The third-order valence-corrected chi connectivity index (χ3v) is 2.89. The smallest absolute Gasteiger partial charge is 0.195 e. The Kier molecular flexibility index (Phi) is 4.68. The molecule has 0 unspecified atom stereocenters. The Labute approximate surface area is 107 Å². The molecule has 0 aliphatic carbocycles. The molecule has 0 fully saturated rings. The van der Waals surface area contributed by atoms with Gasteiger partial charge >= 0.3 is 0 Å². The SMILES string of the molecule is Cc1cccc(C)c1C(=O)C(=C/N)/C(=C\N)CN. The van der Waals surface area contributed by atoms with Crippen LogP contribution < -0.4 is 17.2 Å². The summed E-state index contributed by atoms with van der Waals surface area (Å²) >= 11 is 0. The van der Waals surface area contributed by atoms with Gasteiger partial charge in [-0.2, -0.15) is 0 Å². The summed E-state index contributed by atoms with van der Waals surface area (Å²) in [6.07, 6.45) is 2.59. The van der Waals surface area contributed by atoms with Gasteiger partial charge in [0.1, 0.15) is 0 Å². The molecule has 0 heterocycles. The first kappa shape index (κ1) is 14.0. The van der Waals surface area contributed by atoms with Crippen LogP contribution in [-0.2, 0) is 0 Å². The zero-order valence-electron chi connectivity index (χ0n) is 10.7. The fourth-order valence-corrected chi connectivity index (χ4v) is 1.90. The topological polar surface area (TPSA) is 95.1 Å². The van der Waals surface area contributed by atoms with Gasteiger partial charge in [-0.3, -0.25) is 4.79 Å². The fourth-order valence-electron chi connectivity index (χ4n) is 1.90. The van der Waals surface area contributed by atoms with E-state index >= 15 is 0 Å². The fraction of sp³-hybridized carbons (Fsp3) is 0.214. The lowest BCUT2D eigenvalue weighted by Gasteiger charge is -2.12. The summed E-state index contributed by atoms with van der Waals surface area (Å²) in [5.41, 5.74) is 19.9. The quantitative estimate of drug-likeness (QED) is 0.421. The monoisotopic (exact) mass is 245 g/mol. The first-order valence-corrected chi connectivity index (χ1v) is 5.70. The van der Waals surface area contributed by atoms with Crippen molar-refractivity contribution in [3.05, 3.63) is 58.4 Å². The summed E-state index contributed by atoms with van der Waals surface area (Å²) in [5.74, 6) is -0.143. The Balaban J connectivity index is 3.30. The first-order valence-electron chi connectivity index (χ1n) is 5.70. The third-order valence-electron chi connectivity index (χ3n) is 2.89. The zero-order valence-corrected chi connectivity index (χ0v) is 10.7. The molecule has 1 rings (SSSR count). The molecule has 1 aromatic carbocycles. The second-order valence-corrected chi connectivity index (χ2v) is 4.07. The van der Waals surface area contributed by atoms with Crippen LogP contribution in [0.4, 0.5) is 0 Å². The van der Waals surface area contributed by atoms with Gasteiger partial charge in [-0.15, -0.1) is 0 Å². The highest BCUT2D eigenvalue weighted by molar-refractivity contribution is 6.13. The molecule has 4 heteroatoms. The number of aryl methyl sites for hydroxylation is 2. The van der Waals surface area contributed by atoms with Crippen molar-refractivity contribution in [1.29, 1.82) is 0 Å². The van der Waals surface area contributed by atoms with E-state index in [9.17, 15) is 4.79 Å². The van der Waals surface area contributed by atoms with Crippen LogP contribution in [0.5, 0.6) is 0 Å². The van der Waals surface area contributed by atoms with Crippen molar-refractivity contribution < 1.29 is 4.79 Å². The van der Waals surface area contributed by atoms with Crippen LogP contribution in [0.1, 0.15) is 21.5 Å². The molecule has 0 saturated heterocycles. The van der Waals surface area contributed by atoms with Crippen molar-refractivity contribution in [2.45, 2.75) is 13.8 Å². The molecule has 0 saturated carbocycles. The van der Waals surface area contributed by atoms with Crippen molar-refractivity contribution in [3.63, 3.8) is 0 Å². The second kappa shape index (κ2) is 6.02. The standard InChI is InChI=1S/C14H19N3O/c1-9-4-3-5-10(2)13(9)14(18)12(8-17)11(6-15)7-16/h3-6,8H,7,15-17H2,1-2H3/b11-6-,12-8+. The number of hydrogen-bond donors (Lipinski definition) is 3. The van der Waals surface area contributed by atoms with Crippen LogP contribution in [0.15, 0.2) is 41.7 Å². The van der Waals surface area contributed by atoms with Gasteiger partial charge in [-0.25, -0.2) is 0 Å². The number of nitrogens with two attached hydrogens (primary N) is 3. The molecule has 0 atom stereocenters. The van der Waals surface area contributed by atoms with E-state index in [0.29, 0.717) is 16.7 Å². The largest absolute Gasteiger partial charge is 0.404 e.